The fraction of sp³-hybridized carbons (Fsp3) is 0.800. The molecule has 0 heterocycles. The van der Waals surface area contributed by atoms with Crippen LogP contribution in [0.4, 0.5) is 0 Å². The quantitative estimate of drug-likeness (QED) is 0.454. The summed E-state index contributed by atoms with van der Waals surface area (Å²) in [6.07, 6.45) is 7.73. The van der Waals surface area contributed by atoms with Crippen LogP contribution in [0, 0.1) is 0 Å². The minimum Gasteiger partial charge on any atom is -0.0999 e. The van der Waals surface area contributed by atoms with Crippen molar-refractivity contribution in [3.63, 3.8) is 0 Å². The van der Waals surface area contributed by atoms with Crippen LogP contribution in [0.2, 0.25) is 0 Å². The molecular weight excluding hydrogens is 184 g/mol. The van der Waals surface area contributed by atoms with Gasteiger partial charge >= 0.3 is 0 Å². The Hall–Kier alpha value is 0.259. The largest absolute Gasteiger partial charge is 0.0999 e. The molecule has 0 nitrogen and oxygen atoms in total. The second kappa shape index (κ2) is 10.3. The van der Waals surface area contributed by atoms with Crippen LogP contribution in [0.5, 0.6) is 0 Å². The van der Waals surface area contributed by atoms with Crippen molar-refractivity contribution in [2.45, 2.75) is 52.4 Å². The zero-order valence-corrected chi connectivity index (χ0v) is 8.69. The monoisotopic (exact) mass is 203 g/mol. The third kappa shape index (κ3) is 10.3. The molecule has 11 heavy (non-hydrogen) atoms. The summed E-state index contributed by atoms with van der Waals surface area (Å²) in [6.45, 7) is 8.49. The average molecular weight is 204 g/mol. The van der Waals surface area contributed by atoms with Crippen LogP contribution in [0.25, 0.3) is 0 Å². The first-order chi connectivity index (χ1) is 4.81. The molecule has 0 bridgehead atoms. The molecule has 0 aliphatic rings. The van der Waals surface area contributed by atoms with Gasteiger partial charge in [-0.25, -0.2) is 0 Å². The summed E-state index contributed by atoms with van der Waals surface area (Å²) in [5.41, 5.74) is 1.45. The normalized spacial score (nSPS) is 8.91. The topological polar surface area (TPSA) is 0 Å². The molecule has 0 aliphatic heterocycles. The van der Waals surface area contributed by atoms with Gasteiger partial charge in [0.2, 0.25) is 0 Å². The van der Waals surface area contributed by atoms with Crippen molar-refractivity contribution >= 4 is 0 Å². The van der Waals surface area contributed by atoms with Gasteiger partial charge in [-0.2, -0.15) is 0 Å². The Bertz CT molecular complexity index is 76.9. The first-order valence-corrected chi connectivity index (χ1v) is 4.47. The molecule has 0 amide bonds. The number of rotatable bonds is 6. The van der Waals surface area contributed by atoms with E-state index in [4.69, 9.17) is 0 Å². The van der Waals surface area contributed by atoms with Crippen LogP contribution in [0.1, 0.15) is 52.4 Å². The predicted molar refractivity (Wildman–Crippen MR) is 48.2 cm³/mol. The zero-order valence-electron chi connectivity index (χ0n) is 7.75. The fourth-order valence-corrected chi connectivity index (χ4v) is 0.979. The molecule has 0 aromatic rings. The third-order valence-corrected chi connectivity index (χ3v) is 1.77. The maximum absolute atomic E-state index is 4.03. The molecule has 0 aromatic heterocycles. The summed E-state index contributed by atoms with van der Waals surface area (Å²) in [7, 11) is 0. The minimum absolute atomic E-state index is 0. The zero-order chi connectivity index (χ0) is 7.82. The van der Waals surface area contributed by atoms with Gasteiger partial charge in [0, 0.05) is 17.1 Å². The van der Waals surface area contributed by atoms with E-state index in [1.807, 2.05) is 0 Å². The first-order valence-electron chi connectivity index (χ1n) is 4.47. The molecule has 71 valence electrons. The SMILES string of the molecule is C=C(CCCC)CCCC.[Cu]. The van der Waals surface area contributed by atoms with E-state index in [9.17, 15) is 0 Å². The molecule has 0 aliphatic carbocycles. The summed E-state index contributed by atoms with van der Waals surface area (Å²) in [5, 5.41) is 0. The second-order valence-electron chi connectivity index (χ2n) is 2.96. The molecule has 0 saturated carbocycles. The van der Waals surface area contributed by atoms with Crippen molar-refractivity contribution in [3.05, 3.63) is 12.2 Å². The Morgan fingerprint density at radius 2 is 1.36 bits per heavy atom. The minimum atomic E-state index is 0. The maximum Gasteiger partial charge on any atom is 0 e. The summed E-state index contributed by atoms with van der Waals surface area (Å²) < 4.78 is 0. The van der Waals surface area contributed by atoms with Crippen molar-refractivity contribution in [2.24, 2.45) is 0 Å². The molecule has 0 N–H and O–H groups in total. The number of unbranched alkanes of at least 4 members (excludes halogenated alkanes) is 2. The van der Waals surface area contributed by atoms with E-state index >= 15 is 0 Å². The molecule has 0 unspecified atom stereocenters. The predicted octanol–water partition coefficient (Wildman–Crippen LogP) is 3.92. The fourth-order valence-electron chi connectivity index (χ4n) is 0.979. The van der Waals surface area contributed by atoms with Crippen molar-refractivity contribution in [1.82, 2.24) is 0 Å². The van der Waals surface area contributed by atoms with Crippen LogP contribution in [0.15, 0.2) is 12.2 Å². The molecule has 0 fully saturated rings. The number of hydrogen-bond acceptors (Lipinski definition) is 0. The van der Waals surface area contributed by atoms with Gasteiger partial charge < -0.3 is 0 Å². The Labute approximate surface area is 81.9 Å². The molecule has 0 spiro atoms. The maximum atomic E-state index is 4.03. The molecule has 1 radical (unpaired) electrons. The third-order valence-electron chi connectivity index (χ3n) is 1.77. The van der Waals surface area contributed by atoms with Crippen molar-refractivity contribution < 1.29 is 17.1 Å². The Morgan fingerprint density at radius 1 is 1.00 bits per heavy atom. The summed E-state index contributed by atoms with van der Waals surface area (Å²) in [6, 6.07) is 0. The van der Waals surface area contributed by atoms with E-state index in [0.29, 0.717) is 0 Å². The van der Waals surface area contributed by atoms with Gasteiger partial charge in [0.25, 0.3) is 0 Å². The van der Waals surface area contributed by atoms with E-state index in [0.717, 1.165) is 0 Å². The summed E-state index contributed by atoms with van der Waals surface area (Å²) in [4.78, 5) is 0. The molecule has 0 atom stereocenters. The molecule has 0 saturated heterocycles. The standard InChI is InChI=1S/C10H20.Cu/c1-4-6-8-10(3)9-7-5-2;/h3-9H2,1-2H3;. The summed E-state index contributed by atoms with van der Waals surface area (Å²) >= 11 is 0. The van der Waals surface area contributed by atoms with E-state index in [1.54, 1.807) is 0 Å². The molecular formula is C10H20Cu. The van der Waals surface area contributed by atoms with Crippen LogP contribution in [-0.2, 0) is 17.1 Å². The van der Waals surface area contributed by atoms with E-state index < -0.39 is 0 Å². The number of allylic oxidation sites excluding steroid dienone is 1. The average Bonchev–Trinajstić information content (AvgIpc) is 1.97. The van der Waals surface area contributed by atoms with E-state index in [2.05, 4.69) is 20.4 Å². The van der Waals surface area contributed by atoms with Crippen LogP contribution in [-0.4, -0.2) is 0 Å². The van der Waals surface area contributed by atoms with E-state index in [-0.39, 0.29) is 17.1 Å². The first kappa shape index (κ1) is 13.8. The smallest absolute Gasteiger partial charge is 0 e. The van der Waals surface area contributed by atoms with Gasteiger partial charge in [0.15, 0.2) is 0 Å². The van der Waals surface area contributed by atoms with Crippen molar-refractivity contribution in [1.29, 1.82) is 0 Å². The van der Waals surface area contributed by atoms with Gasteiger partial charge in [-0.3, -0.25) is 0 Å². The number of hydrogen-bond donors (Lipinski definition) is 0. The van der Waals surface area contributed by atoms with Gasteiger partial charge in [0.05, 0.1) is 0 Å². The molecule has 1 heteroatoms. The molecule has 0 aromatic carbocycles. The second-order valence-corrected chi connectivity index (χ2v) is 2.96. The van der Waals surface area contributed by atoms with Crippen molar-refractivity contribution in [2.75, 3.05) is 0 Å². The Kier molecular flexibility index (Phi) is 12.9. The Balaban J connectivity index is 0. The van der Waals surface area contributed by atoms with E-state index in [1.165, 1.54) is 44.1 Å². The molecule has 0 rings (SSSR count). The summed E-state index contributed by atoms with van der Waals surface area (Å²) in [5.74, 6) is 0. The van der Waals surface area contributed by atoms with Gasteiger partial charge in [-0.1, -0.05) is 38.8 Å². The van der Waals surface area contributed by atoms with Crippen LogP contribution in [0.3, 0.4) is 0 Å². The van der Waals surface area contributed by atoms with Gasteiger partial charge in [-0.05, 0) is 25.7 Å². The van der Waals surface area contributed by atoms with Crippen LogP contribution < -0.4 is 0 Å². The van der Waals surface area contributed by atoms with Crippen molar-refractivity contribution in [3.8, 4) is 0 Å². The van der Waals surface area contributed by atoms with Crippen LogP contribution >= 0.6 is 0 Å². The Morgan fingerprint density at radius 3 is 1.64 bits per heavy atom. The van der Waals surface area contributed by atoms with Gasteiger partial charge in [-0.15, -0.1) is 0 Å². The van der Waals surface area contributed by atoms with Gasteiger partial charge in [0.1, 0.15) is 0 Å².